The lowest BCUT2D eigenvalue weighted by Gasteiger charge is -2.30. The summed E-state index contributed by atoms with van der Waals surface area (Å²) in [6.07, 6.45) is 1.56. The van der Waals surface area contributed by atoms with Crippen molar-refractivity contribution in [2.75, 3.05) is 13.1 Å². The predicted octanol–water partition coefficient (Wildman–Crippen LogP) is 4.25. The Morgan fingerprint density at radius 3 is 2.59 bits per heavy atom. The highest BCUT2D eigenvalue weighted by Crippen LogP contribution is 2.31. The molecular formula is C20H27F3N2O2. The second-order valence-electron chi connectivity index (χ2n) is 7.51. The number of rotatable bonds is 7. The number of hydrogen-bond acceptors (Lipinski definition) is 3. The summed E-state index contributed by atoms with van der Waals surface area (Å²) in [5, 5.41) is 3.30. The lowest BCUT2D eigenvalue weighted by Crippen LogP contribution is -2.38. The Bertz CT molecular complexity index is 624. The van der Waals surface area contributed by atoms with Crippen LogP contribution in [0.2, 0.25) is 0 Å². The molecule has 1 saturated carbocycles. The molecule has 1 N–H and O–H groups in total. The van der Waals surface area contributed by atoms with Gasteiger partial charge in [0.1, 0.15) is 5.75 Å². The number of nitrogens with zero attached hydrogens (tertiary/aromatic N) is 1. The average Bonchev–Trinajstić information content (AvgIpc) is 3.31. The van der Waals surface area contributed by atoms with Crippen molar-refractivity contribution >= 4 is 5.91 Å². The molecule has 150 valence electrons. The highest BCUT2D eigenvalue weighted by atomic mass is 19.4. The summed E-state index contributed by atoms with van der Waals surface area (Å²) < 4.78 is 42.3. The lowest BCUT2D eigenvalue weighted by molar-refractivity contribution is -0.275. The monoisotopic (exact) mass is 384 g/mol. The Morgan fingerprint density at radius 2 is 1.93 bits per heavy atom. The quantitative estimate of drug-likeness (QED) is 0.764. The fraction of sp³-hybridized carbons (Fsp3) is 0.650. The third-order valence-electron chi connectivity index (χ3n) is 5.55. The summed E-state index contributed by atoms with van der Waals surface area (Å²) >= 11 is 0. The summed E-state index contributed by atoms with van der Waals surface area (Å²) in [5.41, 5.74) is 0.401. The normalized spacial score (nSPS) is 20.8. The molecule has 0 aromatic heterocycles. The first kappa shape index (κ1) is 20.0. The number of alkyl halides is 3. The van der Waals surface area contributed by atoms with Crippen LogP contribution in [0, 0.1) is 5.92 Å². The van der Waals surface area contributed by atoms with Crippen molar-refractivity contribution < 1.29 is 22.7 Å². The Morgan fingerprint density at radius 1 is 1.19 bits per heavy atom. The van der Waals surface area contributed by atoms with Crippen molar-refractivity contribution in [3.8, 4) is 5.75 Å². The Hall–Kier alpha value is -1.76. The van der Waals surface area contributed by atoms with Gasteiger partial charge in [0.25, 0.3) is 0 Å². The molecule has 27 heavy (non-hydrogen) atoms. The molecule has 4 nitrogen and oxygen atoms in total. The van der Waals surface area contributed by atoms with Gasteiger partial charge in [0, 0.05) is 24.6 Å². The van der Waals surface area contributed by atoms with E-state index < -0.39 is 6.36 Å². The molecule has 1 aromatic rings. The SMILES string of the molecule is O=C(CCC1CCNC1)N(Cc1ccccc1OC(F)(F)F)C1CCCC1. The minimum atomic E-state index is -4.74. The van der Waals surface area contributed by atoms with E-state index >= 15 is 0 Å². The molecule has 7 heteroatoms. The first-order valence-electron chi connectivity index (χ1n) is 9.76. The molecular weight excluding hydrogens is 357 g/mol. The maximum Gasteiger partial charge on any atom is 0.573 e. The largest absolute Gasteiger partial charge is 0.573 e. The maximum atomic E-state index is 12.9. The van der Waals surface area contributed by atoms with Gasteiger partial charge in [-0.25, -0.2) is 0 Å². The van der Waals surface area contributed by atoms with E-state index in [4.69, 9.17) is 0 Å². The molecule has 0 spiro atoms. The predicted molar refractivity (Wildman–Crippen MR) is 96.1 cm³/mol. The van der Waals surface area contributed by atoms with Crippen molar-refractivity contribution in [1.82, 2.24) is 10.2 Å². The van der Waals surface area contributed by atoms with Gasteiger partial charge < -0.3 is 15.0 Å². The van der Waals surface area contributed by atoms with Gasteiger partial charge in [-0.1, -0.05) is 31.0 Å². The van der Waals surface area contributed by atoms with Crippen molar-refractivity contribution in [2.45, 2.75) is 63.9 Å². The highest BCUT2D eigenvalue weighted by Gasteiger charge is 2.33. The lowest BCUT2D eigenvalue weighted by atomic mass is 10.0. The van der Waals surface area contributed by atoms with Crippen molar-refractivity contribution in [3.05, 3.63) is 29.8 Å². The molecule has 1 unspecified atom stereocenters. The summed E-state index contributed by atoms with van der Waals surface area (Å²) in [4.78, 5) is 14.7. The number of benzene rings is 1. The molecule has 0 bridgehead atoms. The van der Waals surface area contributed by atoms with Gasteiger partial charge in [0.15, 0.2) is 0 Å². The first-order valence-corrected chi connectivity index (χ1v) is 9.76. The molecule has 3 rings (SSSR count). The molecule has 1 atom stereocenters. The zero-order chi connectivity index (χ0) is 19.3. The zero-order valence-corrected chi connectivity index (χ0v) is 15.4. The number of carbonyl (C=O) groups excluding carboxylic acids is 1. The van der Waals surface area contributed by atoms with Crippen LogP contribution in [0.1, 0.15) is 50.5 Å². The van der Waals surface area contributed by atoms with Crippen LogP contribution in [0.25, 0.3) is 0 Å². The highest BCUT2D eigenvalue weighted by molar-refractivity contribution is 5.76. The van der Waals surface area contributed by atoms with Gasteiger partial charge in [0.05, 0.1) is 0 Å². The molecule has 0 radical (unpaired) electrons. The number of para-hydroxylation sites is 1. The van der Waals surface area contributed by atoms with Crippen LogP contribution < -0.4 is 10.1 Å². The van der Waals surface area contributed by atoms with Gasteiger partial charge in [-0.3, -0.25) is 4.79 Å². The van der Waals surface area contributed by atoms with Gasteiger partial charge >= 0.3 is 6.36 Å². The molecule has 1 aliphatic heterocycles. The van der Waals surface area contributed by atoms with E-state index in [2.05, 4.69) is 10.1 Å². The van der Waals surface area contributed by atoms with Crippen LogP contribution in [0.4, 0.5) is 13.2 Å². The average molecular weight is 384 g/mol. The molecule has 1 heterocycles. The third kappa shape index (κ3) is 5.86. The van der Waals surface area contributed by atoms with Crippen LogP contribution in [0.5, 0.6) is 5.75 Å². The smallest absolute Gasteiger partial charge is 0.405 e. The van der Waals surface area contributed by atoms with E-state index in [1.807, 2.05) is 0 Å². The standard InChI is InChI=1S/C20H27F3N2O2/c21-20(22,23)27-18-8-4-1-5-16(18)14-25(17-6-2-3-7-17)19(26)10-9-15-11-12-24-13-15/h1,4-5,8,15,17,24H,2-3,6-7,9-14H2. The summed E-state index contributed by atoms with van der Waals surface area (Å²) in [6.45, 7) is 2.10. The molecule has 2 fully saturated rings. The number of nitrogens with one attached hydrogen (secondary N) is 1. The van der Waals surface area contributed by atoms with E-state index in [-0.39, 0.29) is 24.2 Å². The molecule has 1 saturated heterocycles. The minimum Gasteiger partial charge on any atom is -0.405 e. The van der Waals surface area contributed by atoms with Crippen molar-refractivity contribution in [3.63, 3.8) is 0 Å². The topological polar surface area (TPSA) is 41.6 Å². The van der Waals surface area contributed by atoms with E-state index in [9.17, 15) is 18.0 Å². The van der Waals surface area contributed by atoms with Crippen LogP contribution >= 0.6 is 0 Å². The fourth-order valence-corrected chi connectivity index (χ4v) is 4.11. The van der Waals surface area contributed by atoms with Gasteiger partial charge in [0.2, 0.25) is 5.91 Å². The minimum absolute atomic E-state index is 0.0376. The van der Waals surface area contributed by atoms with E-state index in [1.54, 1.807) is 17.0 Å². The Labute approximate surface area is 158 Å². The van der Waals surface area contributed by atoms with Gasteiger partial charge in [-0.2, -0.15) is 0 Å². The third-order valence-corrected chi connectivity index (χ3v) is 5.55. The second-order valence-corrected chi connectivity index (χ2v) is 7.51. The van der Waals surface area contributed by atoms with Crippen LogP contribution in [-0.4, -0.2) is 36.3 Å². The number of carbonyl (C=O) groups is 1. The van der Waals surface area contributed by atoms with E-state index in [1.165, 1.54) is 12.1 Å². The maximum absolute atomic E-state index is 12.9. The molecule has 1 aromatic carbocycles. The van der Waals surface area contributed by atoms with Crippen LogP contribution in [0.3, 0.4) is 0 Å². The van der Waals surface area contributed by atoms with E-state index in [0.717, 1.165) is 51.6 Å². The number of amides is 1. The number of ether oxygens (including phenoxy) is 1. The summed E-state index contributed by atoms with van der Waals surface area (Å²) in [7, 11) is 0. The molecule has 1 aliphatic carbocycles. The van der Waals surface area contributed by atoms with Crippen LogP contribution in [-0.2, 0) is 11.3 Å². The zero-order valence-electron chi connectivity index (χ0n) is 15.4. The van der Waals surface area contributed by atoms with E-state index in [0.29, 0.717) is 17.9 Å². The summed E-state index contributed by atoms with van der Waals surface area (Å²) in [6, 6.07) is 6.22. The fourth-order valence-electron chi connectivity index (χ4n) is 4.11. The van der Waals surface area contributed by atoms with Crippen molar-refractivity contribution in [1.29, 1.82) is 0 Å². The molecule has 1 amide bonds. The number of halogens is 3. The second kappa shape index (κ2) is 8.95. The molecule has 2 aliphatic rings. The van der Waals surface area contributed by atoms with Crippen molar-refractivity contribution in [2.24, 2.45) is 5.92 Å². The van der Waals surface area contributed by atoms with Gasteiger partial charge in [-0.15, -0.1) is 13.2 Å². The first-order chi connectivity index (χ1) is 12.9. The number of hydrogen-bond donors (Lipinski definition) is 1. The Balaban J connectivity index is 1.71. The Kier molecular flexibility index (Phi) is 6.63. The van der Waals surface area contributed by atoms with Gasteiger partial charge in [-0.05, 0) is 50.8 Å². The summed E-state index contributed by atoms with van der Waals surface area (Å²) in [5.74, 6) is 0.330. The van der Waals surface area contributed by atoms with Crippen LogP contribution in [0.15, 0.2) is 24.3 Å².